The molecule has 0 atom stereocenters. The van der Waals surface area contributed by atoms with Gasteiger partial charge in [-0.2, -0.15) is 0 Å². The summed E-state index contributed by atoms with van der Waals surface area (Å²) in [6.07, 6.45) is 0. The first-order valence-corrected chi connectivity index (χ1v) is 7.43. The van der Waals surface area contributed by atoms with Gasteiger partial charge in [-0.1, -0.05) is 29.8 Å². The van der Waals surface area contributed by atoms with Crippen LogP contribution in [0.5, 0.6) is 5.75 Å². The third-order valence-electron chi connectivity index (χ3n) is 4.05. The van der Waals surface area contributed by atoms with E-state index in [0.717, 1.165) is 16.9 Å². The first-order valence-electron chi connectivity index (χ1n) is 7.05. The van der Waals surface area contributed by atoms with Gasteiger partial charge in [0.2, 0.25) is 5.91 Å². The Morgan fingerprint density at radius 2 is 1.86 bits per heavy atom. The lowest BCUT2D eigenvalue weighted by atomic mass is 9.87. The van der Waals surface area contributed by atoms with Crippen LogP contribution in [-0.2, 0) is 16.8 Å². The van der Waals surface area contributed by atoms with Crippen LogP contribution in [0.2, 0.25) is 5.15 Å². The molecule has 3 rings (SSSR count). The lowest BCUT2D eigenvalue weighted by Crippen LogP contribution is -2.35. The summed E-state index contributed by atoms with van der Waals surface area (Å²) in [5.41, 5.74) is 1.34. The van der Waals surface area contributed by atoms with Crippen molar-refractivity contribution < 1.29 is 9.53 Å². The van der Waals surface area contributed by atoms with Gasteiger partial charge in [0.15, 0.2) is 0 Å². The highest BCUT2D eigenvalue weighted by atomic mass is 35.5. The number of pyridine rings is 1. The maximum Gasteiger partial charge on any atom is 0.238 e. The van der Waals surface area contributed by atoms with Crippen molar-refractivity contribution in [2.75, 3.05) is 12.0 Å². The van der Waals surface area contributed by atoms with Gasteiger partial charge in [-0.15, -0.1) is 0 Å². The van der Waals surface area contributed by atoms with Gasteiger partial charge in [-0.3, -0.25) is 9.69 Å². The molecule has 1 aliphatic heterocycles. The van der Waals surface area contributed by atoms with Gasteiger partial charge in [-0.25, -0.2) is 4.98 Å². The molecule has 0 N–H and O–H groups in total. The molecule has 1 aromatic carbocycles. The van der Waals surface area contributed by atoms with Crippen LogP contribution in [-0.4, -0.2) is 18.0 Å². The van der Waals surface area contributed by atoms with Crippen LogP contribution in [0.15, 0.2) is 36.4 Å². The Balaban J connectivity index is 1.97. The molecular weight excluding hydrogens is 300 g/mol. The van der Waals surface area contributed by atoms with Crippen molar-refractivity contribution in [1.82, 2.24) is 4.98 Å². The predicted molar refractivity (Wildman–Crippen MR) is 86.5 cm³/mol. The molecule has 5 heteroatoms. The number of benzene rings is 1. The second-order valence-corrected chi connectivity index (χ2v) is 6.26. The monoisotopic (exact) mass is 316 g/mol. The average Bonchev–Trinajstić information content (AvgIpc) is 2.69. The summed E-state index contributed by atoms with van der Waals surface area (Å²) in [6, 6.07) is 11.3. The Morgan fingerprint density at radius 1 is 1.18 bits per heavy atom. The molecule has 114 valence electrons. The Labute approximate surface area is 134 Å². The molecule has 1 amide bonds. The van der Waals surface area contributed by atoms with E-state index in [-0.39, 0.29) is 5.91 Å². The molecule has 1 aliphatic rings. The summed E-state index contributed by atoms with van der Waals surface area (Å²) in [5, 5.41) is 0.393. The van der Waals surface area contributed by atoms with Crippen LogP contribution in [0.4, 0.5) is 5.82 Å². The minimum Gasteiger partial charge on any atom is -0.497 e. The van der Waals surface area contributed by atoms with E-state index in [0.29, 0.717) is 17.5 Å². The zero-order chi connectivity index (χ0) is 15.9. The van der Waals surface area contributed by atoms with Crippen LogP contribution >= 0.6 is 11.6 Å². The molecule has 0 aliphatic carbocycles. The fourth-order valence-corrected chi connectivity index (χ4v) is 2.87. The van der Waals surface area contributed by atoms with Gasteiger partial charge in [0.1, 0.15) is 16.7 Å². The van der Waals surface area contributed by atoms with E-state index < -0.39 is 5.41 Å². The van der Waals surface area contributed by atoms with Crippen LogP contribution < -0.4 is 9.64 Å². The topological polar surface area (TPSA) is 42.4 Å². The molecular formula is C17H17ClN2O2. The van der Waals surface area contributed by atoms with E-state index in [1.54, 1.807) is 18.1 Å². The fourth-order valence-electron chi connectivity index (χ4n) is 2.73. The van der Waals surface area contributed by atoms with Crippen molar-refractivity contribution >= 4 is 23.3 Å². The molecule has 0 saturated carbocycles. The maximum absolute atomic E-state index is 12.7. The van der Waals surface area contributed by atoms with E-state index in [1.807, 2.05) is 44.2 Å². The van der Waals surface area contributed by atoms with Gasteiger partial charge < -0.3 is 4.74 Å². The first kappa shape index (κ1) is 14.9. The molecule has 22 heavy (non-hydrogen) atoms. The average molecular weight is 317 g/mol. The van der Waals surface area contributed by atoms with E-state index >= 15 is 0 Å². The van der Waals surface area contributed by atoms with Gasteiger partial charge in [0.25, 0.3) is 0 Å². The van der Waals surface area contributed by atoms with Crippen molar-refractivity contribution in [3.05, 3.63) is 52.7 Å². The number of aromatic nitrogens is 1. The van der Waals surface area contributed by atoms with Gasteiger partial charge in [0.05, 0.1) is 19.1 Å². The second kappa shape index (κ2) is 5.29. The van der Waals surface area contributed by atoms with Crippen molar-refractivity contribution in [2.45, 2.75) is 25.8 Å². The number of methoxy groups -OCH3 is 1. The van der Waals surface area contributed by atoms with Gasteiger partial charge in [-0.05, 0) is 37.6 Å². The van der Waals surface area contributed by atoms with E-state index in [2.05, 4.69) is 4.98 Å². The van der Waals surface area contributed by atoms with Gasteiger partial charge >= 0.3 is 0 Å². The predicted octanol–water partition coefficient (Wildman–Crippen LogP) is 3.57. The Morgan fingerprint density at radius 3 is 2.50 bits per heavy atom. The maximum atomic E-state index is 12.7. The molecule has 1 aromatic heterocycles. The summed E-state index contributed by atoms with van der Waals surface area (Å²) in [7, 11) is 1.63. The molecule has 0 spiro atoms. The number of carbonyl (C=O) groups excluding carboxylic acids is 1. The van der Waals surface area contributed by atoms with Crippen molar-refractivity contribution in [3.8, 4) is 5.75 Å². The number of nitrogens with zero attached hydrogens (tertiary/aromatic N) is 2. The summed E-state index contributed by atoms with van der Waals surface area (Å²) >= 11 is 6.01. The fraction of sp³-hybridized carbons (Fsp3) is 0.294. The number of anilines is 1. The zero-order valence-electron chi connectivity index (χ0n) is 12.8. The molecule has 0 unspecified atom stereocenters. The summed E-state index contributed by atoms with van der Waals surface area (Å²) in [4.78, 5) is 18.8. The SMILES string of the molecule is COc1ccc(CN2C(=O)C(C)(C)c3ccc(Cl)nc32)cc1. The van der Waals surface area contributed by atoms with Gasteiger partial charge in [0, 0.05) is 5.56 Å². The number of halogens is 1. The number of ether oxygens (including phenoxy) is 1. The molecule has 4 nitrogen and oxygen atoms in total. The van der Waals surface area contributed by atoms with Crippen LogP contribution in [0.1, 0.15) is 25.0 Å². The highest BCUT2D eigenvalue weighted by Gasteiger charge is 2.44. The summed E-state index contributed by atoms with van der Waals surface area (Å²) in [5.74, 6) is 1.48. The van der Waals surface area contributed by atoms with Crippen LogP contribution in [0.25, 0.3) is 0 Å². The number of hydrogen-bond acceptors (Lipinski definition) is 3. The third kappa shape index (κ3) is 2.33. The minimum atomic E-state index is -0.584. The van der Waals surface area contributed by atoms with Crippen molar-refractivity contribution in [1.29, 1.82) is 0 Å². The standard InChI is InChI=1S/C17H17ClN2O2/c1-17(2)13-8-9-14(18)19-15(13)20(16(17)21)10-11-4-6-12(22-3)7-5-11/h4-9H,10H2,1-3H3. The quantitative estimate of drug-likeness (QED) is 0.813. The third-order valence-corrected chi connectivity index (χ3v) is 4.26. The summed E-state index contributed by atoms with van der Waals surface area (Å²) < 4.78 is 5.16. The van der Waals surface area contributed by atoms with Crippen LogP contribution in [0.3, 0.4) is 0 Å². The smallest absolute Gasteiger partial charge is 0.238 e. The minimum absolute atomic E-state index is 0.0353. The molecule has 0 saturated heterocycles. The number of rotatable bonds is 3. The molecule has 0 bridgehead atoms. The van der Waals surface area contributed by atoms with E-state index in [9.17, 15) is 4.79 Å². The number of amides is 1. The lowest BCUT2D eigenvalue weighted by molar-refractivity contribution is -0.122. The largest absolute Gasteiger partial charge is 0.497 e. The van der Waals surface area contributed by atoms with Crippen molar-refractivity contribution in [3.63, 3.8) is 0 Å². The van der Waals surface area contributed by atoms with E-state index in [4.69, 9.17) is 16.3 Å². The Hall–Kier alpha value is -2.07. The zero-order valence-corrected chi connectivity index (χ0v) is 13.5. The Kier molecular flexibility index (Phi) is 3.57. The highest BCUT2D eigenvalue weighted by Crippen LogP contribution is 2.41. The second-order valence-electron chi connectivity index (χ2n) is 5.87. The number of carbonyl (C=O) groups is 1. The lowest BCUT2D eigenvalue weighted by Gasteiger charge is -2.20. The Bertz CT molecular complexity index is 726. The molecule has 0 radical (unpaired) electrons. The van der Waals surface area contributed by atoms with Crippen LogP contribution in [0, 0.1) is 0 Å². The highest BCUT2D eigenvalue weighted by molar-refractivity contribution is 6.29. The first-order chi connectivity index (χ1) is 10.4. The summed E-state index contributed by atoms with van der Waals surface area (Å²) in [6.45, 7) is 4.29. The van der Waals surface area contributed by atoms with E-state index in [1.165, 1.54) is 0 Å². The number of fused-ring (bicyclic) bond motifs is 1. The molecule has 2 aromatic rings. The molecule has 0 fully saturated rings. The normalized spacial score (nSPS) is 15.8. The molecule has 2 heterocycles. The number of hydrogen-bond donors (Lipinski definition) is 0. The van der Waals surface area contributed by atoms with Crippen molar-refractivity contribution in [2.24, 2.45) is 0 Å².